The maximum atomic E-state index is 12.3. The fourth-order valence-corrected chi connectivity index (χ4v) is 1.90. The number of nitrogens with one attached hydrogen (secondary N) is 2. The second-order valence-corrected chi connectivity index (χ2v) is 5.55. The summed E-state index contributed by atoms with van der Waals surface area (Å²) >= 11 is 0. The average Bonchev–Trinajstić information content (AvgIpc) is 2.34. The van der Waals surface area contributed by atoms with Gasteiger partial charge in [0.05, 0.1) is 4.90 Å². The second kappa shape index (κ2) is 5.49. The minimum Gasteiger partial charge on any atom is -0.274 e. The molecule has 0 unspecified atom stereocenters. The van der Waals surface area contributed by atoms with Crippen LogP contribution >= 0.6 is 0 Å². The molecule has 1 aromatic rings. The molecule has 10 heteroatoms. The van der Waals surface area contributed by atoms with Crippen molar-refractivity contribution < 1.29 is 31.2 Å². The van der Waals surface area contributed by atoms with Crippen LogP contribution in [0.1, 0.15) is 17.3 Å². The van der Waals surface area contributed by atoms with Crippen molar-refractivity contribution in [3.05, 3.63) is 29.8 Å². The molecular weight excluding hydrogens is 301 g/mol. The fourth-order valence-electron chi connectivity index (χ4n) is 1.14. The molecule has 0 heterocycles. The Labute approximate surface area is 111 Å². The molecule has 20 heavy (non-hydrogen) atoms. The van der Waals surface area contributed by atoms with E-state index >= 15 is 0 Å². The number of halogens is 3. The van der Waals surface area contributed by atoms with E-state index in [0.717, 1.165) is 19.1 Å². The fraction of sp³-hybridized carbons (Fsp3) is 0.200. The SMILES string of the molecule is CC(=O)NNC(=O)c1ccc(S(=O)(=O)C(F)(F)F)cc1. The van der Waals surface area contributed by atoms with Crippen molar-refractivity contribution in [2.24, 2.45) is 0 Å². The van der Waals surface area contributed by atoms with E-state index in [-0.39, 0.29) is 5.56 Å². The van der Waals surface area contributed by atoms with Crippen molar-refractivity contribution in [1.82, 2.24) is 10.9 Å². The molecule has 0 spiro atoms. The molecule has 0 aliphatic rings. The van der Waals surface area contributed by atoms with E-state index in [9.17, 15) is 31.2 Å². The number of alkyl halides is 3. The van der Waals surface area contributed by atoms with Gasteiger partial charge in [-0.25, -0.2) is 8.42 Å². The van der Waals surface area contributed by atoms with Crippen LogP contribution in [0.15, 0.2) is 29.2 Å². The van der Waals surface area contributed by atoms with E-state index < -0.39 is 32.1 Å². The van der Waals surface area contributed by atoms with Crippen molar-refractivity contribution in [3.63, 3.8) is 0 Å². The van der Waals surface area contributed by atoms with E-state index in [1.807, 2.05) is 10.9 Å². The van der Waals surface area contributed by atoms with Crippen molar-refractivity contribution >= 4 is 21.7 Å². The summed E-state index contributed by atoms with van der Waals surface area (Å²) in [4.78, 5) is 21.0. The van der Waals surface area contributed by atoms with Gasteiger partial charge in [0.15, 0.2) is 0 Å². The van der Waals surface area contributed by atoms with Crippen LogP contribution in [0.3, 0.4) is 0 Å². The van der Waals surface area contributed by atoms with Gasteiger partial charge in [0, 0.05) is 12.5 Å². The van der Waals surface area contributed by atoms with Crippen LogP contribution in [0, 0.1) is 0 Å². The van der Waals surface area contributed by atoms with Crippen molar-refractivity contribution in [1.29, 1.82) is 0 Å². The Hall–Kier alpha value is -2.10. The van der Waals surface area contributed by atoms with Crippen molar-refractivity contribution in [2.75, 3.05) is 0 Å². The summed E-state index contributed by atoms with van der Waals surface area (Å²) in [6, 6.07) is 3.11. The lowest BCUT2D eigenvalue weighted by molar-refractivity contribution is -0.119. The molecule has 110 valence electrons. The lowest BCUT2D eigenvalue weighted by atomic mass is 10.2. The quantitative estimate of drug-likeness (QED) is 0.789. The van der Waals surface area contributed by atoms with Gasteiger partial charge in [-0.3, -0.25) is 20.4 Å². The number of carbonyl (C=O) groups is 2. The molecule has 0 aliphatic carbocycles. The molecule has 0 fully saturated rings. The van der Waals surface area contributed by atoms with Gasteiger partial charge in [-0.05, 0) is 24.3 Å². The third-order valence-corrected chi connectivity index (χ3v) is 3.59. The summed E-state index contributed by atoms with van der Waals surface area (Å²) in [6.45, 7) is 1.14. The van der Waals surface area contributed by atoms with Crippen LogP contribution in [-0.2, 0) is 14.6 Å². The molecule has 0 radical (unpaired) electrons. The number of hydrazine groups is 1. The Kier molecular flexibility index (Phi) is 4.38. The van der Waals surface area contributed by atoms with E-state index in [1.165, 1.54) is 0 Å². The predicted molar refractivity (Wildman–Crippen MR) is 61.0 cm³/mol. The Morgan fingerprint density at radius 1 is 1.05 bits per heavy atom. The zero-order valence-corrected chi connectivity index (χ0v) is 10.8. The Bertz CT molecular complexity index is 623. The second-order valence-electron chi connectivity index (χ2n) is 3.61. The molecule has 1 rings (SSSR count). The summed E-state index contributed by atoms with van der Waals surface area (Å²) in [5, 5.41) is 0. The molecule has 0 saturated heterocycles. The van der Waals surface area contributed by atoms with Crippen LogP contribution < -0.4 is 10.9 Å². The minimum atomic E-state index is -5.45. The number of hydrogen-bond donors (Lipinski definition) is 2. The average molecular weight is 310 g/mol. The molecular formula is C10H9F3N2O4S. The van der Waals surface area contributed by atoms with Gasteiger partial charge in [0.2, 0.25) is 5.91 Å². The first-order chi connectivity index (χ1) is 9.05. The van der Waals surface area contributed by atoms with Crippen LogP contribution in [0.5, 0.6) is 0 Å². The largest absolute Gasteiger partial charge is 0.501 e. The number of amides is 2. The molecule has 0 aliphatic heterocycles. The number of benzene rings is 1. The summed E-state index contributed by atoms with van der Waals surface area (Å²) in [5.41, 5.74) is -1.57. The molecule has 0 atom stereocenters. The smallest absolute Gasteiger partial charge is 0.274 e. The standard InChI is InChI=1S/C10H9F3N2O4S/c1-6(16)14-15-9(17)7-2-4-8(5-3-7)20(18,19)10(11,12)13/h2-5H,1H3,(H,14,16)(H,15,17). The zero-order chi connectivity index (χ0) is 15.6. The minimum absolute atomic E-state index is 0.111. The first kappa shape index (κ1) is 16.0. The Balaban J connectivity index is 2.95. The highest BCUT2D eigenvalue weighted by Gasteiger charge is 2.46. The van der Waals surface area contributed by atoms with Crippen LogP contribution in [0.2, 0.25) is 0 Å². The van der Waals surface area contributed by atoms with Crippen LogP contribution in [0.25, 0.3) is 0 Å². The third kappa shape index (κ3) is 3.47. The number of sulfone groups is 1. The highest BCUT2D eigenvalue weighted by Crippen LogP contribution is 2.30. The number of carbonyl (C=O) groups excluding carboxylic acids is 2. The number of rotatable bonds is 2. The Morgan fingerprint density at radius 3 is 1.95 bits per heavy atom. The summed E-state index contributed by atoms with van der Waals surface area (Å²) in [5.74, 6) is -1.34. The first-order valence-electron chi connectivity index (χ1n) is 5.04. The first-order valence-corrected chi connectivity index (χ1v) is 6.52. The summed E-state index contributed by atoms with van der Waals surface area (Å²) in [6.07, 6.45) is 0. The van der Waals surface area contributed by atoms with E-state index in [0.29, 0.717) is 12.1 Å². The van der Waals surface area contributed by atoms with Gasteiger partial charge in [0.1, 0.15) is 0 Å². The van der Waals surface area contributed by atoms with Gasteiger partial charge in [0.25, 0.3) is 15.7 Å². The number of hydrogen-bond acceptors (Lipinski definition) is 4. The van der Waals surface area contributed by atoms with Gasteiger partial charge in [-0.15, -0.1) is 0 Å². The maximum Gasteiger partial charge on any atom is 0.501 e. The molecule has 2 amide bonds. The zero-order valence-electron chi connectivity index (χ0n) is 9.98. The highest BCUT2D eigenvalue weighted by atomic mass is 32.2. The monoisotopic (exact) mass is 310 g/mol. The third-order valence-electron chi connectivity index (χ3n) is 2.08. The maximum absolute atomic E-state index is 12.3. The normalized spacial score (nSPS) is 11.8. The molecule has 0 saturated carbocycles. The van der Waals surface area contributed by atoms with Gasteiger partial charge in [-0.2, -0.15) is 13.2 Å². The van der Waals surface area contributed by atoms with Gasteiger partial charge >= 0.3 is 5.51 Å². The van der Waals surface area contributed by atoms with Crippen molar-refractivity contribution in [3.8, 4) is 0 Å². The van der Waals surface area contributed by atoms with Crippen LogP contribution in [0.4, 0.5) is 13.2 Å². The van der Waals surface area contributed by atoms with Gasteiger partial charge in [-0.1, -0.05) is 0 Å². The molecule has 1 aromatic carbocycles. The predicted octanol–water partition coefficient (Wildman–Crippen LogP) is 0.761. The molecule has 6 nitrogen and oxygen atoms in total. The Morgan fingerprint density at radius 2 is 1.55 bits per heavy atom. The highest BCUT2D eigenvalue weighted by molar-refractivity contribution is 7.92. The van der Waals surface area contributed by atoms with Crippen molar-refractivity contribution in [2.45, 2.75) is 17.3 Å². The van der Waals surface area contributed by atoms with E-state index in [2.05, 4.69) is 0 Å². The van der Waals surface area contributed by atoms with E-state index in [4.69, 9.17) is 0 Å². The lowest BCUT2D eigenvalue weighted by Gasteiger charge is -2.09. The topological polar surface area (TPSA) is 92.3 Å². The molecule has 0 bridgehead atoms. The molecule has 0 aromatic heterocycles. The molecule has 2 N–H and O–H groups in total. The lowest BCUT2D eigenvalue weighted by Crippen LogP contribution is -2.40. The van der Waals surface area contributed by atoms with E-state index in [1.54, 1.807) is 0 Å². The van der Waals surface area contributed by atoms with Crippen LogP contribution in [-0.4, -0.2) is 25.7 Å². The summed E-state index contributed by atoms with van der Waals surface area (Å²) < 4.78 is 59.0. The summed E-state index contributed by atoms with van der Waals surface area (Å²) in [7, 11) is -5.45. The van der Waals surface area contributed by atoms with Gasteiger partial charge < -0.3 is 0 Å².